The number of ketones is 1. The molecule has 2 aliphatic rings. The van der Waals surface area contributed by atoms with E-state index in [1.54, 1.807) is 12.1 Å². The molecule has 1 unspecified atom stereocenters. The molecule has 1 atom stereocenters. The topological polar surface area (TPSA) is 52.7 Å². The number of hydrogen-bond acceptors (Lipinski definition) is 3. The number of benzene rings is 1. The van der Waals surface area contributed by atoms with Crippen LogP contribution in [0.25, 0.3) is 0 Å². The summed E-state index contributed by atoms with van der Waals surface area (Å²) >= 11 is 0. The smallest absolute Gasteiger partial charge is 0.317 e. The van der Waals surface area contributed by atoms with E-state index in [2.05, 4.69) is 5.32 Å². The minimum atomic E-state index is -0.397. The molecule has 2 aliphatic heterocycles. The maximum atomic E-state index is 13.1. The van der Waals surface area contributed by atoms with Crippen molar-refractivity contribution >= 4 is 11.8 Å². The molecule has 2 heterocycles. The summed E-state index contributed by atoms with van der Waals surface area (Å²) in [5.41, 5.74) is 0.396. The number of urea groups is 1. The van der Waals surface area contributed by atoms with Crippen LogP contribution in [0.3, 0.4) is 0 Å². The van der Waals surface area contributed by atoms with Crippen molar-refractivity contribution in [2.24, 2.45) is 0 Å². The first kappa shape index (κ1) is 13.1. The fourth-order valence-electron chi connectivity index (χ4n) is 2.77. The van der Waals surface area contributed by atoms with Gasteiger partial charge in [0, 0.05) is 31.7 Å². The summed E-state index contributed by atoms with van der Waals surface area (Å²) in [6.45, 7) is 2.88. The fourth-order valence-corrected chi connectivity index (χ4v) is 2.77. The highest BCUT2D eigenvalue weighted by molar-refractivity contribution is 5.97. The standard InChI is InChI=1S/C14H16FN3O2/c15-11-3-1-2-10(6-11)13(19)9-17-4-5-18-12(8-17)7-16-14(18)20/h1-3,6,12H,4-5,7-9H2,(H,16,20). The Morgan fingerprint density at radius 3 is 3.05 bits per heavy atom. The molecule has 1 N–H and O–H groups in total. The Balaban J connectivity index is 1.61. The number of piperazine rings is 1. The highest BCUT2D eigenvalue weighted by atomic mass is 19.1. The predicted molar refractivity (Wildman–Crippen MR) is 71.1 cm³/mol. The number of carbonyl (C=O) groups excluding carboxylic acids is 2. The van der Waals surface area contributed by atoms with E-state index in [-0.39, 0.29) is 24.4 Å². The second kappa shape index (κ2) is 5.20. The number of halogens is 1. The van der Waals surface area contributed by atoms with Gasteiger partial charge in [-0.2, -0.15) is 0 Å². The zero-order valence-corrected chi connectivity index (χ0v) is 11.0. The third-order valence-corrected chi connectivity index (χ3v) is 3.83. The van der Waals surface area contributed by atoms with Crippen LogP contribution in [0, 0.1) is 5.82 Å². The molecular formula is C14H16FN3O2. The Morgan fingerprint density at radius 2 is 2.25 bits per heavy atom. The Bertz CT molecular complexity index is 549. The molecular weight excluding hydrogens is 261 g/mol. The van der Waals surface area contributed by atoms with E-state index in [0.29, 0.717) is 31.7 Å². The Morgan fingerprint density at radius 1 is 1.40 bits per heavy atom. The predicted octanol–water partition coefficient (Wildman–Crippen LogP) is 0.718. The Kier molecular flexibility index (Phi) is 3.40. The van der Waals surface area contributed by atoms with E-state index in [0.717, 1.165) is 0 Å². The van der Waals surface area contributed by atoms with E-state index < -0.39 is 5.82 Å². The van der Waals surface area contributed by atoms with Gasteiger partial charge in [0.1, 0.15) is 5.82 Å². The molecule has 2 saturated heterocycles. The van der Waals surface area contributed by atoms with Gasteiger partial charge in [-0.25, -0.2) is 9.18 Å². The molecule has 2 amide bonds. The average molecular weight is 277 g/mol. The van der Waals surface area contributed by atoms with Crippen molar-refractivity contribution in [1.82, 2.24) is 15.1 Å². The van der Waals surface area contributed by atoms with Gasteiger partial charge >= 0.3 is 6.03 Å². The highest BCUT2D eigenvalue weighted by Crippen LogP contribution is 2.15. The number of Topliss-reactive ketones (excluding diaryl/α,β-unsaturated/α-hetero) is 1. The van der Waals surface area contributed by atoms with Gasteiger partial charge in [-0.05, 0) is 12.1 Å². The first-order valence-electron chi connectivity index (χ1n) is 6.69. The van der Waals surface area contributed by atoms with Gasteiger partial charge in [0.2, 0.25) is 0 Å². The van der Waals surface area contributed by atoms with Gasteiger partial charge < -0.3 is 10.2 Å². The zero-order chi connectivity index (χ0) is 14.1. The minimum Gasteiger partial charge on any atom is -0.336 e. The maximum Gasteiger partial charge on any atom is 0.317 e. The SMILES string of the molecule is O=C(CN1CCN2C(=O)NCC2C1)c1cccc(F)c1. The summed E-state index contributed by atoms with van der Waals surface area (Å²) in [5, 5.41) is 2.80. The van der Waals surface area contributed by atoms with Crippen LogP contribution in [0.4, 0.5) is 9.18 Å². The van der Waals surface area contributed by atoms with Gasteiger partial charge in [-0.15, -0.1) is 0 Å². The summed E-state index contributed by atoms with van der Waals surface area (Å²) in [6, 6.07) is 5.87. The van der Waals surface area contributed by atoms with Gasteiger partial charge in [0.15, 0.2) is 5.78 Å². The lowest BCUT2D eigenvalue weighted by molar-refractivity contribution is 0.0838. The molecule has 6 heteroatoms. The zero-order valence-electron chi connectivity index (χ0n) is 11.0. The van der Waals surface area contributed by atoms with Crippen molar-refractivity contribution in [1.29, 1.82) is 0 Å². The fraction of sp³-hybridized carbons (Fsp3) is 0.429. The lowest BCUT2D eigenvalue weighted by atomic mass is 10.1. The molecule has 2 fully saturated rings. The summed E-state index contributed by atoms with van der Waals surface area (Å²) < 4.78 is 13.1. The molecule has 20 heavy (non-hydrogen) atoms. The summed E-state index contributed by atoms with van der Waals surface area (Å²) in [4.78, 5) is 27.4. The molecule has 0 bridgehead atoms. The number of carbonyl (C=O) groups is 2. The largest absolute Gasteiger partial charge is 0.336 e. The summed E-state index contributed by atoms with van der Waals surface area (Å²) in [5.74, 6) is -0.485. The van der Waals surface area contributed by atoms with Crippen LogP contribution in [0.15, 0.2) is 24.3 Å². The molecule has 3 rings (SSSR count). The number of nitrogens with zero attached hydrogens (tertiary/aromatic N) is 2. The normalized spacial score (nSPS) is 22.6. The maximum absolute atomic E-state index is 13.1. The Hall–Kier alpha value is -1.95. The van der Waals surface area contributed by atoms with Gasteiger partial charge in [-0.3, -0.25) is 9.69 Å². The second-order valence-electron chi connectivity index (χ2n) is 5.20. The average Bonchev–Trinajstić information content (AvgIpc) is 2.80. The van der Waals surface area contributed by atoms with E-state index in [4.69, 9.17) is 0 Å². The number of hydrogen-bond donors (Lipinski definition) is 1. The quantitative estimate of drug-likeness (QED) is 0.828. The van der Waals surface area contributed by atoms with Crippen LogP contribution in [0.1, 0.15) is 10.4 Å². The van der Waals surface area contributed by atoms with Crippen molar-refractivity contribution < 1.29 is 14.0 Å². The van der Waals surface area contributed by atoms with E-state index in [1.165, 1.54) is 12.1 Å². The first-order chi connectivity index (χ1) is 9.63. The number of amides is 2. The number of rotatable bonds is 3. The van der Waals surface area contributed by atoms with Crippen molar-refractivity contribution in [3.05, 3.63) is 35.6 Å². The third-order valence-electron chi connectivity index (χ3n) is 3.83. The van der Waals surface area contributed by atoms with Crippen LogP contribution in [0.5, 0.6) is 0 Å². The molecule has 0 radical (unpaired) electrons. The highest BCUT2D eigenvalue weighted by Gasteiger charge is 2.35. The van der Waals surface area contributed by atoms with E-state index >= 15 is 0 Å². The molecule has 0 aliphatic carbocycles. The molecule has 5 nitrogen and oxygen atoms in total. The van der Waals surface area contributed by atoms with Crippen molar-refractivity contribution in [3.63, 3.8) is 0 Å². The third kappa shape index (κ3) is 2.51. The van der Waals surface area contributed by atoms with Gasteiger partial charge in [0.25, 0.3) is 0 Å². The van der Waals surface area contributed by atoms with Crippen LogP contribution in [0.2, 0.25) is 0 Å². The van der Waals surface area contributed by atoms with Crippen LogP contribution in [-0.2, 0) is 0 Å². The Labute approximate surface area is 116 Å². The van der Waals surface area contributed by atoms with Crippen LogP contribution < -0.4 is 5.32 Å². The first-order valence-corrected chi connectivity index (χ1v) is 6.69. The summed E-state index contributed by atoms with van der Waals surface area (Å²) in [6.07, 6.45) is 0. The lowest BCUT2D eigenvalue weighted by Gasteiger charge is -2.35. The monoisotopic (exact) mass is 277 g/mol. The van der Waals surface area contributed by atoms with Crippen molar-refractivity contribution in [3.8, 4) is 0 Å². The molecule has 0 aromatic heterocycles. The second-order valence-corrected chi connectivity index (χ2v) is 5.20. The van der Waals surface area contributed by atoms with E-state index in [9.17, 15) is 14.0 Å². The summed E-state index contributed by atoms with van der Waals surface area (Å²) in [7, 11) is 0. The molecule has 1 aromatic carbocycles. The molecule has 1 aromatic rings. The van der Waals surface area contributed by atoms with Crippen molar-refractivity contribution in [2.75, 3.05) is 32.7 Å². The number of nitrogens with one attached hydrogen (secondary N) is 1. The lowest BCUT2D eigenvalue weighted by Crippen LogP contribution is -2.53. The number of fused-ring (bicyclic) bond motifs is 1. The minimum absolute atomic E-state index is 0.0221. The van der Waals surface area contributed by atoms with Gasteiger partial charge in [-0.1, -0.05) is 12.1 Å². The van der Waals surface area contributed by atoms with Crippen LogP contribution >= 0.6 is 0 Å². The molecule has 106 valence electrons. The van der Waals surface area contributed by atoms with E-state index in [1.807, 2.05) is 9.80 Å². The van der Waals surface area contributed by atoms with Gasteiger partial charge in [0.05, 0.1) is 12.6 Å². The molecule has 0 saturated carbocycles. The molecule has 0 spiro atoms. The van der Waals surface area contributed by atoms with Crippen LogP contribution in [-0.4, -0.2) is 60.4 Å². The van der Waals surface area contributed by atoms with Crippen molar-refractivity contribution in [2.45, 2.75) is 6.04 Å².